The van der Waals surface area contributed by atoms with Crippen molar-refractivity contribution in [2.45, 2.75) is 31.1 Å². The van der Waals surface area contributed by atoms with Crippen LogP contribution in [0.5, 0.6) is 0 Å². The van der Waals surface area contributed by atoms with Gasteiger partial charge >= 0.3 is 0 Å². The van der Waals surface area contributed by atoms with Crippen LogP contribution in [0.1, 0.15) is 42.1 Å². The van der Waals surface area contributed by atoms with Crippen molar-refractivity contribution in [3.8, 4) is 0 Å². The number of carbonyl (C=O) groups excluding carboxylic acids is 2. The molecule has 2 aromatic carbocycles. The lowest BCUT2D eigenvalue weighted by atomic mass is 9.98. The minimum atomic E-state index is -3.80. The Hall–Kier alpha value is -2.51. The second-order valence-electron chi connectivity index (χ2n) is 6.79. The predicted molar refractivity (Wildman–Crippen MR) is 109 cm³/mol. The summed E-state index contributed by atoms with van der Waals surface area (Å²) in [5, 5.41) is 2.77. The van der Waals surface area contributed by atoms with Gasteiger partial charge in [-0.05, 0) is 37.0 Å². The molecule has 0 bridgehead atoms. The molecule has 0 radical (unpaired) electrons. The Morgan fingerprint density at radius 1 is 1.04 bits per heavy atom. The first kappa shape index (κ1) is 21.8. The minimum absolute atomic E-state index is 0.0468. The van der Waals surface area contributed by atoms with Gasteiger partial charge in [-0.2, -0.15) is 4.31 Å². The van der Waals surface area contributed by atoms with Gasteiger partial charge in [0, 0.05) is 19.2 Å². The fraction of sp³-hybridized carbons (Fsp3) is 0.333. The summed E-state index contributed by atoms with van der Waals surface area (Å²) in [5.41, 5.74) is 1.64. The smallest absolute Gasteiger partial charge is 0.243 e. The Morgan fingerprint density at radius 2 is 1.64 bits per heavy atom. The third-order valence-corrected chi connectivity index (χ3v) is 6.42. The Bertz CT molecular complexity index is 909. The first-order valence-electron chi connectivity index (χ1n) is 9.11. The molecular formula is C21H26N2O4S. The summed E-state index contributed by atoms with van der Waals surface area (Å²) in [5.74, 6) is -0.198. The molecular weight excluding hydrogens is 376 g/mol. The van der Waals surface area contributed by atoms with Crippen molar-refractivity contribution in [3.63, 3.8) is 0 Å². The van der Waals surface area contributed by atoms with Crippen LogP contribution in [0.2, 0.25) is 0 Å². The molecule has 150 valence electrons. The average Bonchev–Trinajstić information content (AvgIpc) is 2.68. The lowest BCUT2D eigenvalue weighted by Gasteiger charge is -2.18. The zero-order valence-corrected chi connectivity index (χ0v) is 17.2. The summed E-state index contributed by atoms with van der Waals surface area (Å²) in [6.07, 6.45) is 0.763. The summed E-state index contributed by atoms with van der Waals surface area (Å²) >= 11 is 0. The third-order valence-electron chi connectivity index (χ3n) is 4.60. The molecule has 0 heterocycles. The zero-order valence-electron chi connectivity index (χ0n) is 16.4. The molecule has 0 aromatic heterocycles. The van der Waals surface area contributed by atoms with Gasteiger partial charge in [0.05, 0.1) is 11.4 Å². The van der Waals surface area contributed by atoms with Crippen molar-refractivity contribution < 1.29 is 18.0 Å². The van der Waals surface area contributed by atoms with Gasteiger partial charge in [-0.3, -0.25) is 9.59 Å². The van der Waals surface area contributed by atoms with E-state index in [2.05, 4.69) is 12.2 Å². The summed E-state index contributed by atoms with van der Waals surface area (Å²) in [4.78, 5) is 23.5. The van der Waals surface area contributed by atoms with Crippen LogP contribution in [0.25, 0.3) is 0 Å². The van der Waals surface area contributed by atoms with Crippen LogP contribution in [-0.2, 0) is 14.8 Å². The number of Topliss-reactive ketones (excluding diaryl/α,β-unsaturated/α-hetero) is 1. The van der Waals surface area contributed by atoms with Gasteiger partial charge in [-0.25, -0.2) is 8.42 Å². The van der Waals surface area contributed by atoms with E-state index in [0.29, 0.717) is 18.0 Å². The van der Waals surface area contributed by atoms with Crippen LogP contribution in [0.3, 0.4) is 0 Å². The molecule has 7 heteroatoms. The summed E-state index contributed by atoms with van der Waals surface area (Å²) < 4.78 is 26.2. The molecule has 0 aliphatic heterocycles. The summed E-state index contributed by atoms with van der Waals surface area (Å²) in [6.45, 7) is 3.70. The van der Waals surface area contributed by atoms with Crippen molar-refractivity contribution in [1.29, 1.82) is 0 Å². The van der Waals surface area contributed by atoms with Crippen LogP contribution in [0.15, 0.2) is 59.5 Å². The number of ketones is 1. The maximum atomic E-state index is 12.6. The molecule has 1 amide bonds. The highest BCUT2D eigenvalue weighted by Crippen LogP contribution is 2.18. The van der Waals surface area contributed by atoms with Crippen molar-refractivity contribution in [1.82, 2.24) is 9.62 Å². The van der Waals surface area contributed by atoms with E-state index in [9.17, 15) is 18.0 Å². The van der Waals surface area contributed by atoms with Crippen LogP contribution < -0.4 is 5.32 Å². The van der Waals surface area contributed by atoms with E-state index in [4.69, 9.17) is 0 Å². The van der Waals surface area contributed by atoms with Crippen molar-refractivity contribution >= 4 is 21.7 Å². The van der Waals surface area contributed by atoms with Crippen LogP contribution in [0, 0.1) is 0 Å². The third kappa shape index (κ3) is 5.74. The SMILES string of the molecule is CC(=O)c1ccc(S(=O)(=O)N(C)CC(=O)NCCC(C)c2ccccc2)cc1. The van der Waals surface area contributed by atoms with E-state index in [1.165, 1.54) is 43.8 Å². The Morgan fingerprint density at radius 3 is 2.21 bits per heavy atom. The summed E-state index contributed by atoms with van der Waals surface area (Å²) in [6, 6.07) is 15.7. The number of likely N-dealkylation sites (N-methyl/N-ethyl adjacent to an activating group) is 1. The first-order chi connectivity index (χ1) is 13.2. The van der Waals surface area contributed by atoms with E-state index in [1.807, 2.05) is 30.3 Å². The fourth-order valence-electron chi connectivity index (χ4n) is 2.76. The van der Waals surface area contributed by atoms with Crippen LogP contribution in [-0.4, -0.2) is 44.6 Å². The first-order valence-corrected chi connectivity index (χ1v) is 10.5. The standard InChI is InChI=1S/C21H26N2O4S/c1-16(18-7-5-4-6-8-18)13-14-22-21(25)15-23(3)28(26,27)20-11-9-19(10-12-20)17(2)24/h4-12,16H,13-15H2,1-3H3,(H,22,25). The highest BCUT2D eigenvalue weighted by atomic mass is 32.2. The average molecular weight is 403 g/mol. The number of amides is 1. The molecule has 1 unspecified atom stereocenters. The molecule has 0 aliphatic carbocycles. The second-order valence-corrected chi connectivity index (χ2v) is 8.84. The van der Waals surface area contributed by atoms with Gasteiger partial charge in [-0.15, -0.1) is 0 Å². The number of carbonyl (C=O) groups is 2. The number of hydrogen-bond donors (Lipinski definition) is 1. The monoisotopic (exact) mass is 402 g/mol. The highest BCUT2D eigenvalue weighted by Gasteiger charge is 2.23. The topological polar surface area (TPSA) is 83.6 Å². The van der Waals surface area contributed by atoms with Gasteiger partial charge in [0.25, 0.3) is 0 Å². The lowest BCUT2D eigenvalue weighted by Crippen LogP contribution is -2.38. The van der Waals surface area contributed by atoms with E-state index in [-0.39, 0.29) is 23.1 Å². The number of rotatable bonds is 9. The molecule has 6 nitrogen and oxygen atoms in total. The van der Waals surface area contributed by atoms with E-state index < -0.39 is 10.0 Å². The van der Waals surface area contributed by atoms with Gasteiger partial charge in [-0.1, -0.05) is 49.4 Å². The number of hydrogen-bond acceptors (Lipinski definition) is 4. The maximum absolute atomic E-state index is 12.6. The largest absolute Gasteiger partial charge is 0.355 e. The number of nitrogens with zero attached hydrogens (tertiary/aromatic N) is 1. The van der Waals surface area contributed by atoms with Gasteiger partial charge in [0.1, 0.15) is 0 Å². The van der Waals surface area contributed by atoms with Crippen molar-refractivity contribution in [2.75, 3.05) is 20.1 Å². The molecule has 0 saturated carbocycles. The molecule has 2 aromatic rings. The van der Waals surface area contributed by atoms with E-state index in [1.54, 1.807) is 0 Å². The number of nitrogens with one attached hydrogen (secondary N) is 1. The lowest BCUT2D eigenvalue weighted by molar-refractivity contribution is -0.121. The molecule has 0 aliphatic rings. The Balaban J connectivity index is 1.87. The normalized spacial score (nSPS) is 12.6. The molecule has 0 spiro atoms. The molecule has 1 atom stereocenters. The van der Waals surface area contributed by atoms with E-state index >= 15 is 0 Å². The van der Waals surface area contributed by atoms with Crippen LogP contribution >= 0.6 is 0 Å². The molecule has 2 rings (SSSR count). The van der Waals surface area contributed by atoms with E-state index in [0.717, 1.165) is 10.7 Å². The van der Waals surface area contributed by atoms with Gasteiger partial charge in [0.15, 0.2) is 5.78 Å². The number of sulfonamides is 1. The molecule has 28 heavy (non-hydrogen) atoms. The second kappa shape index (κ2) is 9.61. The minimum Gasteiger partial charge on any atom is -0.355 e. The molecule has 0 fully saturated rings. The van der Waals surface area contributed by atoms with Crippen molar-refractivity contribution in [3.05, 3.63) is 65.7 Å². The predicted octanol–water partition coefficient (Wildman–Crippen LogP) is 2.82. The fourth-order valence-corrected chi connectivity index (χ4v) is 3.89. The number of benzene rings is 2. The Labute approximate surface area is 166 Å². The van der Waals surface area contributed by atoms with Gasteiger partial charge in [0.2, 0.25) is 15.9 Å². The highest BCUT2D eigenvalue weighted by molar-refractivity contribution is 7.89. The van der Waals surface area contributed by atoms with Crippen molar-refractivity contribution in [2.24, 2.45) is 0 Å². The quantitative estimate of drug-likeness (QED) is 0.654. The maximum Gasteiger partial charge on any atom is 0.243 e. The molecule has 1 N–H and O–H groups in total. The van der Waals surface area contributed by atoms with Gasteiger partial charge < -0.3 is 5.32 Å². The van der Waals surface area contributed by atoms with Crippen LogP contribution in [0.4, 0.5) is 0 Å². The Kier molecular flexibility index (Phi) is 7.48. The zero-order chi connectivity index (χ0) is 20.7. The summed E-state index contributed by atoms with van der Waals surface area (Å²) in [7, 11) is -2.44. The molecule has 0 saturated heterocycles.